The maximum atomic E-state index is 13.3. The van der Waals surface area contributed by atoms with E-state index in [1.54, 1.807) is 0 Å². The van der Waals surface area contributed by atoms with Gasteiger partial charge in [0.05, 0.1) is 19.2 Å². The first-order chi connectivity index (χ1) is 9.51. The number of rotatable bonds is 4. The lowest BCUT2D eigenvalue weighted by Gasteiger charge is -2.22. The number of aliphatic hydroxyl groups is 1. The van der Waals surface area contributed by atoms with E-state index in [-0.39, 0.29) is 25.3 Å². The monoisotopic (exact) mass is 289 g/mol. The van der Waals surface area contributed by atoms with E-state index in [4.69, 9.17) is 9.84 Å². The molecular weight excluding hydrogens is 275 g/mol. The van der Waals surface area contributed by atoms with Crippen LogP contribution in [0.5, 0.6) is 5.75 Å². The van der Waals surface area contributed by atoms with Crippen LogP contribution in [-0.4, -0.2) is 47.9 Å². The Morgan fingerprint density at radius 1 is 1.45 bits per heavy atom. The van der Waals surface area contributed by atoms with Gasteiger partial charge in [0.15, 0.2) is 18.2 Å². The summed E-state index contributed by atoms with van der Waals surface area (Å²) in [5, 5.41) is 9.06. The van der Waals surface area contributed by atoms with Crippen molar-refractivity contribution < 1.29 is 27.8 Å². The molecule has 2 rings (SSSR count). The minimum Gasteiger partial charge on any atom is -0.481 e. The first kappa shape index (κ1) is 14.6. The van der Waals surface area contributed by atoms with Crippen LogP contribution in [0.25, 0.3) is 0 Å². The zero-order valence-corrected chi connectivity index (χ0v) is 10.6. The fraction of sp³-hybridized carbons (Fsp3) is 0.462. The fourth-order valence-electron chi connectivity index (χ4n) is 2.15. The Morgan fingerprint density at radius 3 is 2.85 bits per heavy atom. The second kappa shape index (κ2) is 6.13. The molecule has 7 heteroatoms. The quantitative estimate of drug-likeness (QED) is 0.908. The smallest absolute Gasteiger partial charge is 0.260 e. The van der Waals surface area contributed by atoms with Gasteiger partial charge in [0, 0.05) is 12.5 Å². The highest BCUT2D eigenvalue weighted by Crippen LogP contribution is 2.21. The van der Waals surface area contributed by atoms with Gasteiger partial charge in [-0.2, -0.15) is 0 Å². The Balaban J connectivity index is 1.95. The molecule has 1 aliphatic heterocycles. The second-order valence-corrected chi connectivity index (χ2v) is 4.58. The average Bonchev–Trinajstić information content (AvgIpc) is 2.78. The van der Waals surface area contributed by atoms with Crippen LogP contribution in [0.4, 0.5) is 13.2 Å². The number of likely N-dealkylation sites (tertiary alicyclic amines) is 1. The largest absolute Gasteiger partial charge is 0.481 e. The molecule has 1 saturated heterocycles. The molecule has 1 N–H and O–H groups in total. The van der Waals surface area contributed by atoms with Crippen LogP contribution < -0.4 is 4.74 Å². The third-order valence-corrected chi connectivity index (χ3v) is 3.14. The number of hydrogen-bond donors (Lipinski definition) is 1. The maximum Gasteiger partial charge on any atom is 0.260 e. The molecule has 110 valence electrons. The average molecular weight is 289 g/mol. The van der Waals surface area contributed by atoms with Crippen LogP contribution in [0, 0.1) is 11.6 Å². The Labute approximate surface area is 113 Å². The van der Waals surface area contributed by atoms with Crippen LogP contribution in [0.1, 0.15) is 6.42 Å². The number of amides is 1. The predicted octanol–water partition coefficient (Wildman–Crippen LogP) is 1.27. The van der Waals surface area contributed by atoms with E-state index in [1.807, 2.05) is 0 Å². The molecule has 0 saturated carbocycles. The molecule has 4 nitrogen and oxygen atoms in total. The molecule has 1 aromatic rings. The lowest BCUT2D eigenvalue weighted by atomic mass is 10.2. The lowest BCUT2D eigenvalue weighted by molar-refractivity contribution is -0.135. The van der Waals surface area contributed by atoms with Gasteiger partial charge in [-0.1, -0.05) is 0 Å². The summed E-state index contributed by atoms with van der Waals surface area (Å²) in [5.74, 6) is -2.47. The number of ether oxygens (including phenoxy) is 1. The number of hydrogen-bond acceptors (Lipinski definition) is 3. The summed E-state index contributed by atoms with van der Waals surface area (Å²) >= 11 is 0. The van der Waals surface area contributed by atoms with Gasteiger partial charge in [-0.05, 0) is 12.1 Å². The Hall–Kier alpha value is -1.76. The molecule has 0 aromatic heterocycles. The highest BCUT2D eigenvalue weighted by atomic mass is 19.1. The van der Waals surface area contributed by atoms with Crippen molar-refractivity contribution in [2.75, 3.05) is 19.8 Å². The molecule has 0 unspecified atom stereocenters. The van der Waals surface area contributed by atoms with Gasteiger partial charge in [0.25, 0.3) is 5.91 Å². The van der Waals surface area contributed by atoms with Crippen molar-refractivity contribution in [1.29, 1.82) is 0 Å². The van der Waals surface area contributed by atoms with Crippen molar-refractivity contribution >= 4 is 5.91 Å². The van der Waals surface area contributed by atoms with Gasteiger partial charge in [0.1, 0.15) is 12.0 Å². The first-order valence-electron chi connectivity index (χ1n) is 6.13. The number of benzene rings is 1. The van der Waals surface area contributed by atoms with Crippen molar-refractivity contribution in [3.63, 3.8) is 0 Å². The van der Waals surface area contributed by atoms with E-state index in [9.17, 15) is 18.0 Å². The molecule has 1 aromatic carbocycles. The molecule has 20 heavy (non-hydrogen) atoms. The molecule has 0 bridgehead atoms. The Bertz CT molecular complexity index is 498. The summed E-state index contributed by atoms with van der Waals surface area (Å²) < 4.78 is 44.1. The van der Waals surface area contributed by atoms with Gasteiger partial charge in [-0.25, -0.2) is 13.2 Å². The van der Waals surface area contributed by atoms with Crippen molar-refractivity contribution in [3.05, 3.63) is 29.8 Å². The molecular formula is C13H14F3NO3. The number of carbonyl (C=O) groups is 1. The van der Waals surface area contributed by atoms with Crippen LogP contribution >= 0.6 is 0 Å². The molecule has 0 radical (unpaired) electrons. The molecule has 1 aliphatic rings. The summed E-state index contributed by atoms with van der Waals surface area (Å²) in [7, 11) is 0. The van der Waals surface area contributed by atoms with Crippen molar-refractivity contribution in [2.24, 2.45) is 0 Å². The SMILES string of the molecule is O=C(COc1ccc(F)cc1F)N1C[C@@H](F)C[C@H]1CO. The zero-order valence-electron chi connectivity index (χ0n) is 10.6. The maximum absolute atomic E-state index is 13.3. The Morgan fingerprint density at radius 2 is 2.20 bits per heavy atom. The van der Waals surface area contributed by atoms with Crippen LogP contribution in [0.15, 0.2) is 18.2 Å². The van der Waals surface area contributed by atoms with Gasteiger partial charge in [-0.15, -0.1) is 0 Å². The molecule has 0 aliphatic carbocycles. The molecule has 1 fully saturated rings. The normalized spacial score (nSPS) is 22.1. The molecule has 2 atom stereocenters. The lowest BCUT2D eigenvalue weighted by Crippen LogP contribution is -2.40. The summed E-state index contributed by atoms with van der Waals surface area (Å²) in [5.41, 5.74) is 0. The predicted molar refractivity (Wildman–Crippen MR) is 64.0 cm³/mol. The van der Waals surface area contributed by atoms with E-state index in [2.05, 4.69) is 0 Å². The molecule has 1 heterocycles. The zero-order chi connectivity index (χ0) is 14.7. The second-order valence-electron chi connectivity index (χ2n) is 4.58. The highest BCUT2D eigenvalue weighted by Gasteiger charge is 2.34. The van der Waals surface area contributed by atoms with Crippen molar-refractivity contribution in [3.8, 4) is 5.75 Å². The van der Waals surface area contributed by atoms with E-state index in [0.29, 0.717) is 6.07 Å². The summed E-state index contributed by atoms with van der Waals surface area (Å²) in [6, 6.07) is 2.14. The third-order valence-electron chi connectivity index (χ3n) is 3.14. The van der Waals surface area contributed by atoms with E-state index < -0.39 is 36.4 Å². The van der Waals surface area contributed by atoms with Crippen molar-refractivity contribution in [1.82, 2.24) is 4.90 Å². The molecule has 1 amide bonds. The number of halogens is 3. The third kappa shape index (κ3) is 3.22. The molecule has 0 spiro atoms. The fourth-order valence-corrected chi connectivity index (χ4v) is 2.15. The van der Waals surface area contributed by atoms with Gasteiger partial charge >= 0.3 is 0 Å². The van der Waals surface area contributed by atoms with Gasteiger partial charge < -0.3 is 14.7 Å². The van der Waals surface area contributed by atoms with Crippen LogP contribution in [0.3, 0.4) is 0 Å². The number of aliphatic hydroxyl groups excluding tert-OH is 1. The standard InChI is InChI=1S/C13H14F3NO3/c14-8-1-2-12(11(16)4-8)20-7-13(19)17-5-9(15)3-10(17)6-18/h1-2,4,9-10,18H,3,5-7H2/t9-,10-/m0/s1. The highest BCUT2D eigenvalue weighted by molar-refractivity contribution is 5.78. The van der Waals surface area contributed by atoms with Crippen LogP contribution in [0.2, 0.25) is 0 Å². The van der Waals surface area contributed by atoms with E-state index >= 15 is 0 Å². The minimum absolute atomic E-state index is 0.0765. The summed E-state index contributed by atoms with van der Waals surface area (Å²) in [4.78, 5) is 13.0. The van der Waals surface area contributed by atoms with Gasteiger partial charge in [0.2, 0.25) is 0 Å². The van der Waals surface area contributed by atoms with Crippen molar-refractivity contribution in [2.45, 2.75) is 18.6 Å². The number of alkyl halides is 1. The first-order valence-corrected chi connectivity index (χ1v) is 6.13. The summed E-state index contributed by atoms with van der Waals surface area (Å²) in [6.07, 6.45) is -1.11. The van der Waals surface area contributed by atoms with Gasteiger partial charge in [-0.3, -0.25) is 4.79 Å². The van der Waals surface area contributed by atoms with E-state index in [0.717, 1.165) is 12.1 Å². The minimum atomic E-state index is -1.18. The van der Waals surface area contributed by atoms with E-state index in [1.165, 1.54) is 4.90 Å². The number of nitrogens with zero attached hydrogens (tertiary/aromatic N) is 1. The van der Waals surface area contributed by atoms with Crippen LogP contribution in [-0.2, 0) is 4.79 Å². The summed E-state index contributed by atoms with van der Waals surface area (Å²) in [6.45, 7) is -0.942. The topological polar surface area (TPSA) is 49.8 Å². The number of carbonyl (C=O) groups excluding carboxylic acids is 1. The Kier molecular flexibility index (Phi) is 4.49.